The maximum atomic E-state index is 10.0. The average molecular weight is 209 g/mol. The zero-order valence-electron chi connectivity index (χ0n) is 8.21. The molecular weight excluding hydrogens is 198 g/mol. The predicted molar refractivity (Wildman–Crippen MR) is 53.9 cm³/mol. The van der Waals surface area contributed by atoms with Crippen molar-refractivity contribution in [3.8, 4) is 5.75 Å². The van der Waals surface area contributed by atoms with Crippen LogP contribution in [0.4, 0.5) is 0 Å². The van der Waals surface area contributed by atoms with E-state index in [1.165, 1.54) is 0 Å². The van der Waals surface area contributed by atoms with E-state index in [0.29, 0.717) is 6.21 Å². The molecule has 1 N–H and O–H groups in total. The van der Waals surface area contributed by atoms with Gasteiger partial charge in [0, 0.05) is 0 Å². The summed E-state index contributed by atoms with van der Waals surface area (Å²) >= 11 is 0. The molecule has 0 aliphatic rings. The van der Waals surface area contributed by atoms with Gasteiger partial charge in [-0.2, -0.15) is 0 Å². The summed E-state index contributed by atoms with van der Waals surface area (Å²) in [5, 5.41) is 11.5. The number of carbonyl (C=O) groups is 1. The van der Waals surface area contributed by atoms with Gasteiger partial charge >= 0.3 is 5.97 Å². The van der Waals surface area contributed by atoms with Crippen molar-refractivity contribution in [1.29, 1.82) is 0 Å². The van der Waals surface area contributed by atoms with E-state index in [0.717, 1.165) is 11.3 Å². The fraction of sp³-hybridized carbons (Fsp3) is 0.200. The predicted octanol–water partition coefficient (Wildman–Crippen LogP) is 1.28. The minimum atomic E-state index is -1.13. The maximum absolute atomic E-state index is 10.0. The van der Waals surface area contributed by atoms with Crippen molar-refractivity contribution in [3.05, 3.63) is 29.8 Å². The molecule has 80 valence electrons. The molecule has 0 aliphatic carbocycles. The molecule has 0 atom stereocenters. The molecule has 0 fully saturated rings. The normalized spacial score (nSPS) is 10.2. The summed E-state index contributed by atoms with van der Waals surface area (Å²) in [5.74, 6) is -0.377. The lowest BCUT2D eigenvalue weighted by atomic mass is 10.2. The third kappa shape index (κ3) is 4.12. The van der Waals surface area contributed by atoms with E-state index in [4.69, 9.17) is 14.7 Å². The zero-order valence-corrected chi connectivity index (χ0v) is 8.21. The molecular formula is C10H11NO4. The van der Waals surface area contributed by atoms with Gasteiger partial charge in [0.05, 0.1) is 7.11 Å². The molecule has 0 aromatic heterocycles. The van der Waals surface area contributed by atoms with Gasteiger partial charge in [-0.3, -0.25) is 0 Å². The number of aliphatic carboxylic acids is 1. The van der Waals surface area contributed by atoms with Gasteiger partial charge in [0.1, 0.15) is 12.4 Å². The Kier molecular flexibility index (Phi) is 4.15. The summed E-state index contributed by atoms with van der Waals surface area (Å²) < 4.78 is 4.98. The number of carboxylic acid groups (broad SMARTS) is 1. The lowest BCUT2D eigenvalue weighted by Crippen LogP contribution is -1.96. The van der Waals surface area contributed by atoms with E-state index in [1.54, 1.807) is 19.2 Å². The summed E-state index contributed by atoms with van der Waals surface area (Å²) in [5.41, 5.74) is 0.887. The number of nitrogens with zero attached hydrogens (tertiary/aromatic N) is 1. The topological polar surface area (TPSA) is 68.1 Å². The largest absolute Gasteiger partial charge is 0.497 e. The number of ether oxygens (including phenoxy) is 1. The highest BCUT2D eigenvalue weighted by atomic mass is 16.6. The summed E-state index contributed by atoms with van der Waals surface area (Å²) in [7, 11) is 1.59. The zero-order chi connectivity index (χ0) is 11.1. The minimum absolute atomic E-state index is 0.230. The Labute approximate surface area is 86.9 Å². The molecule has 0 saturated carbocycles. The van der Waals surface area contributed by atoms with E-state index < -0.39 is 5.97 Å². The standard InChI is InChI=1S/C10H11NO4/c1-14-9-4-2-8(3-5-9)7-15-11-6-10(12)13/h2-6H,7H2,1H3,(H,12,13)/b11-6-. The van der Waals surface area contributed by atoms with E-state index in [9.17, 15) is 4.79 Å². The fourth-order valence-electron chi connectivity index (χ4n) is 0.916. The van der Waals surface area contributed by atoms with E-state index in [-0.39, 0.29) is 6.61 Å². The van der Waals surface area contributed by atoms with Crippen molar-refractivity contribution >= 4 is 12.2 Å². The van der Waals surface area contributed by atoms with E-state index >= 15 is 0 Å². The molecule has 1 aromatic carbocycles. The number of carboxylic acids is 1. The highest BCUT2D eigenvalue weighted by molar-refractivity contribution is 6.21. The van der Waals surface area contributed by atoms with Crippen molar-refractivity contribution < 1.29 is 19.5 Å². The van der Waals surface area contributed by atoms with Gasteiger partial charge in [0.25, 0.3) is 0 Å². The van der Waals surface area contributed by atoms with Gasteiger partial charge in [0.2, 0.25) is 0 Å². The smallest absolute Gasteiger partial charge is 0.350 e. The van der Waals surface area contributed by atoms with Crippen molar-refractivity contribution in [2.75, 3.05) is 7.11 Å². The van der Waals surface area contributed by atoms with Crippen LogP contribution >= 0.6 is 0 Å². The second-order valence-electron chi connectivity index (χ2n) is 2.69. The quantitative estimate of drug-likeness (QED) is 0.586. The molecule has 0 unspecified atom stereocenters. The molecule has 0 radical (unpaired) electrons. The van der Waals surface area contributed by atoms with E-state index in [2.05, 4.69) is 5.16 Å². The van der Waals surface area contributed by atoms with Crippen LogP contribution in [0.15, 0.2) is 29.4 Å². The van der Waals surface area contributed by atoms with Crippen LogP contribution in [0, 0.1) is 0 Å². The first kappa shape index (κ1) is 11.0. The average Bonchev–Trinajstić information content (AvgIpc) is 2.25. The SMILES string of the molecule is COc1ccc(CO/N=C\C(=O)O)cc1. The lowest BCUT2D eigenvalue weighted by molar-refractivity contribution is -0.129. The highest BCUT2D eigenvalue weighted by Gasteiger charge is 1.94. The molecule has 0 heterocycles. The molecule has 1 aromatic rings. The lowest BCUT2D eigenvalue weighted by Gasteiger charge is -2.01. The van der Waals surface area contributed by atoms with Crippen molar-refractivity contribution in [1.82, 2.24) is 0 Å². The van der Waals surface area contributed by atoms with Crippen molar-refractivity contribution in [2.24, 2.45) is 5.16 Å². The Hall–Kier alpha value is -2.04. The van der Waals surface area contributed by atoms with Crippen LogP contribution in [0.3, 0.4) is 0 Å². The van der Waals surface area contributed by atoms with Gasteiger partial charge in [-0.25, -0.2) is 4.79 Å². The molecule has 0 bridgehead atoms. The van der Waals surface area contributed by atoms with Crippen LogP contribution in [0.1, 0.15) is 5.56 Å². The number of rotatable bonds is 5. The summed E-state index contributed by atoms with van der Waals surface area (Å²) in [4.78, 5) is 14.8. The van der Waals surface area contributed by atoms with Crippen molar-refractivity contribution in [2.45, 2.75) is 6.61 Å². The van der Waals surface area contributed by atoms with Crippen LogP contribution < -0.4 is 4.74 Å². The van der Waals surface area contributed by atoms with Gasteiger partial charge < -0.3 is 14.7 Å². The number of methoxy groups -OCH3 is 1. The van der Waals surface area contributed by atoms with Crippen LogP contribution in [0.25, 0.3) is 0 Å². The van der Waals surface area contributed by atoms with Gasteiger partial charge in [-0.15, -0.1) is 0 Å². The molecule has 15 heavy (non-hydrogen) atoms. The Bertz CT molecular complexity index is 345. The van der Waals surface area contributed by atoms with E-state index in [1.807, 2.05) is 12.1 Å². The Balaban J connectivity index is 2.41. The van der Waals surface area contributed by atoms with Crippen molar-refractivity contribution in [3.63, 3.8) is 0 Å². The number of hydrogen-bond donors (Lipinski definition) is 1. The molecule has 5 nitrogen and oxygen atoms in total. The minimum Gasteiger partial charge on any atom is -0.497 e. The van der Waals surface area contributed by atoms with Gasteiger partial charge in [-0.1, -0.05) is 17.3 Å². The molecule has 5 heteroatoms. The van der Waals surface area contributed by atoms with Crippen LogP contribution in [0.2, 0.25) is 0 Å². The first-order valence-corrected chi connectivity index (χ1v) is 4.23. The highest BCUT2D eigenvalue weighted by Crippen LogP contribution is 2.11. The molecule has 0 saturated heterocycles. The Morgan fingerprint density at radius 1 is 1.47 bits per heavy atom. The molecule has 1 rings (SSSR count). The summed E-state index contributed by atoms with van der Waals surface area (Å²) in [6, 6.07) is 7.21. The second kappa shape index (κ2) is 5.64. The summed E-state index contributed by atoms with van der Waals surface area (Å²) in [6.07, 6.45) is 0.698. The third-order valence-corrected chi connectivity index (χ3v) is 1.63. The number of hydrogen-bond acceptors (Lipinski definition) is 4. The summed E-state index contributed by atoms with van der Waals surface area (Å²) in [6.45, 7) is 0.230. The first-order valence-electron chi connectivity index (χ1n) is 4.23. The van der Waals surface area contributed by atoms with Gasteiger partial charge in [0.15, 0.2) is 6.21 Å². The maximum Gasteiger partial charge on any atom is 0.350 e. The van der Waals surface area contributed by atoms with Crippen LogP contribution in [-0.4, -0.2) is 24.4 Å². The fourth-order valence-corrected chi connectivity index (χ4v) is 0.916. The Morgan fingerprint density at radius 3 is 2.67 bits per heavy atom. The third-order valence-electron chi connectivity index (χ3n) is 1.63. The molecule has 0 amide bonds. The molecule has 0 aliphatic heterocycles. The van der Waals surface area contributed by atoms with Crippen LogP contribution in [0.5, 0.6) is 5.75 Å². The second-order valence-corrected chi connectivity index (χ2v) is 2.69. The Morgan fingerprint density at radius 2 is 2.13 bits per heavy atom. The van der Waals surface area contributed by atoms with Gasteiger partial charge in [-0.05, 0) is 17.7 Å². The number of oxime groups is 1. The number of benzene rings is 1. The monoisotopic (exact) mass is 209 g/mol. The molecule has 0 spiro atoms. The van der Waals surface area contributed by atoms with Crippen LogP contribution in [-0.2, 0) is 16.2 Å². The first-order chi connectivity index (χ1) is 7.22.